The molecule has 0 aliphatic carbocycles. The Morgan fingerprint density at radius 3 is 2.73 bits per heavy atom. The van der Waals surface area contributed by atoms with E-state index in [2.05, 4.69) is 10.2 Å². The van der Waals surface area contributed by atoms with Crippen LogP contribution < -0.4 is 5.32 Å². The number of aliphatic hydroxyl groups excluding tert-OH is 1. The number of nitrogens with one attached hydrogen (secondary N) is 1. The first kappa shape index (κ1) is 12.2. The number of amides is 1. The Balaban J connectivity index is 2.42. The van der Waals surface area contributed by atoms with E-state index in [-0.39, 0.29) is 24.6 Å². The van der Waals surface area contributed by atoms with E-state index in [0.29, 0.717) is 0 Å². The predicted octanol–water partition coefficient (Wildman–Crippen LogP) is 0.134. The van der Waals surface area contributed by atoms with Gasteiger partial charge in [-0.05, 0) is 27.3 Å². The number of rotatable bonds is 3. The lowest BCUT2D eigenvalue weighted by Gasteiger charge is -2.14. The standard InChI is InChI=1S/C11H20N2O2/c1-8(2)4-11(15)12-9-5-10(7-14)13(3)6-9/h4,9-10,14H,5-7H2,1-3H3,(H,12,15)/t9-,10+/m1/s1. The summed E-state index contributed by atoms with van der Waals surface area (Å²) < 4.78 is 0. The average Bonchev–Trinajstić information content (AvgIpc) is 2.44. The Bertz CT molecular complexity index is 259. The van der Waals surface area contributed by atoms with Crippen LogP contribution in [0.4, 0.5) is 0 Å². The molecule has 2 atom stereocenters. The van der Waals surface area contributed by atoms with Crippen LogP contribution in [0.2, 0.25) is 0 Å². The maximum Gasteiger partial charge on any atom is 0.244 e. The van der Waals surface area contributed by atoms with Gasteiger partial charge in [0.05, 0.1) is 6.61 Å². The maximum absolute atomic E-state index is 11.4. The minimum atomic E-state index is -0.0352. The molecule has 0 aromatic carbocycles. The van der Waals surface area contributed by atoms with Crippen molar-refractivity contribution in [1.29, 1.82) is 0 Å². The minimum Gasteiger partial charge on any atom is -0.395 e. The van der Waals surface area contributed by atoms with Crippen molar-refractivity contribution in [1.82, 2.24) is 10.2 Å². The van der Waals surface area contributed by atoms with E-state index >= 15 is 0 Å². The molecule has 1 amide bonds. The molecule has 86 valence electrons. The zero-order chi connectivity index (χ0) is 11.4. The lowest BCUT2D eigenvalue weighted by atomic mass is 10.2. The van der Waals surface area contributed by atoms with E-state index in [9.17, 15) is 4.79 Å². The van der Waals surface area contributed by atoms with Gasteiger partial charge in [0.25, 0.3) is 0 Å². The van der Waals surface area contributed by atoms with Gasteiger partial charge in [0.15, 0.2) is 0 Å². The highest BCUT2D eigenvalue weighted by atomic mass is 16.3. The number of aliphatic hydroxyl groups is 1. The van der Waals surface area contributed by atoms with Crippen LogP contribution >= 0.6 is 0 Å². The monoisotopic (exact) mass is 212 g/mol. The lowest BCUT2D eigenvalue weighted by Crippen LogP contribution is -2.35. The van der Waals surface area contributed by atoms with Crippen molar-refractivity contribution in [2.75, 3.05) is 20.2 Å². The van der Waals surface area contributed by atoms with Gasteiger partial charge in [0.2, 0.25) is 5.91 Å². The fourth-order valence-corrected chi connectivity index (χ4v) is 1.90. The van der Waals surface area contributed by atoms with Crippen molar-refractivity contribution >= 4 is 5.91 Å². The van der Waals surface area contributed by atoms with Crippen LogP contribution in [-0.4, -0.2) is 48.2 Å². The first-order valence-electron chi connectivity index (χ1n) is 5.29. The van der Waals surface area contributed by atoms with Crippen molar-refractivity contribution in [3.63, 3.8) is 0 Å². The highest BCUT2D eigenvalue weighted by Gasteiger charge is 2.29. The van der Waals surface area contributed by atoms with Gasteiger partial charge in [0.1, 0.15) is 0 Å². The summed E-state index contributed by atoms with van der Waals surface area (Å²) in [4.78, 5) is 13.5. The Labute approximate surface area is 91.0 Å². The molecule has 2 N–H and O–H groups in total. The molecule has 1 aliphatic heterocycles. The summed E-state index contributed by atoms with van der Waals surface area (Å²) in [6.45, 7) is 4.77. The van der Waals surface area contributed by atoms with E-state index in [1.807, 2.05) is 20.9 Å². The molecule has 4 nitrogen and oxygen atoms in total. The fraction of sp³-hybridized carbons (Fsp3) is 0.727. The summed E-state index contributed by atoms with van der Waals surface area (Å²) in [6.07, 6.45) is 2.43. The summed E-state index contributed by atoms with van der Waals surface area (Å²) in [5, 5.41) is 12.0. The number of likely N-dealkylation sites (tertiary alicyclic amines) is 1. The third kappa shape index (κ3) is 3.64. The Morgan fingerprint density at radius 2 is 2.27 bits per heavy atom. The number of allylic oxidation sites excluding steroid dienone is 1. The fourth-order valence-electron chi connectivity index (χ4n) is 1.90. The number of carbonyl (C=O) groups excluding carboxylic acids is 1. The van der Waals surface area contributed by atoms with Crippen LogP contribution in [0.3, 0.4) is 0 Å². The summed E-state index contributed by atoms with van der Waals surface area (Å²) >= 11 is 0. The molecule has 4 heteroatoms. The summed E-state index contributed by atoms with van der Waals surface area (Å²) in [6, 6.07) is 0.345. The zero-order valence-corrected chi connectivity index (χ0v) is 9.66. The summed E-state index contributed by atoms with van der Waals surface area (Å²) in [5.74, 6) is -0.0352. The molecular weight excluding hydrogens is 192 g/mol. The van der Waals surface area contributed by atoms with E-state index in [4.69, 9.17) is 5.11 Å². The molecular formula is C11H20N2O2. The molecule has 0 spiro atoms. The van der Waals surface area contributed by atoms with Crippen molar-refractivity contribution in [2.45, 2.75) is 32.4 Å². The largest absolute Gasteiger partial charge is 0.395 e. The van der Waals surface area contributed by atoms with Crippen molar-refractivity contribution in [3.05, 3.63) is 11.6 Å². The molecule has 1 rings (SSSR count). The summed E-state index contributed by atoms with van der Waals surface area (Å²) in [7, 11) is 1.97. The molecule has 1 saturated heterocycles. The highest BCUT2D eigenvalue weighted by molar-refractivity contribution is 5.88. The Kier molecular flexibility index (Phi) is 4.29. The van der Waals surface area contributed by atoms with Gasteiger partial charge in [0, 0.05) is 24.7 Å². The molecule has 0 aromatic heterocycles. The molecule has 0 bridgehead atoms. The second kappa shape index (κ2) is 5.28. The van der Waals surface area contributed by atoms with Gasteiger partial charge in [-0.3, -0.25) is 9.69 Å². The molecule has 1 fully saturated rings. The number of likely N-dealkylation sites (N-methyl/N-ethyl adjacent to an activating group) is 1. The van der Waals surface area contributed by atoms with Crippen LogP contribution in [0.25, 0.3) is 0 Å². The SMILES string of the molecule is CC(C)=CC(=O)N[C@@H]1C[C@@H](CO)N(C)C1. The van der Waals surface area contributed by atoms with Crippen LogP contribution in [0.1, 0.15) is 20.3 Å². The third-order valence-corrected chi connectivity index (χ3v) is 2.67. The smallest absolute Gasteiger partial charge is 0.244 e. The highest BCUT2D eigenvalue weighted by Crippen LogP contribution is 2.14. The van der Waals surface area contributed by atoms with Crippen LogP contribution in [-0.2, 0) is 4.79 Å². The summed E-state index contributed by atoms with van der Waals surface area (Å²) in [5.41, 5.74) is 0.998. The lowest BCUT2D eigenvalue weighted by molar-refractivity contribution is -0.117. The van der Waals surface area contributed by atoms with Gasteiger partial charge in [-0.25, -0.2) is 0 Å². The normalized spacial score (nSPS) is 26.4. The van der Waals surface area contributed by atoms with Crippen LogP contribution in [0.15, 0.2) is 11.6 Å². The first-order chi connectivity index (χ1) is 7.02. The predicted molar refractivity (Wildman–Crippen MR) is 59.5 cm³/mol. The average molecular weight is 212 g/mol. The molecule has 0 unspecified atom stereocenters. The van der Waals surface area contributed by atoms with Crippen molar-refractivity contribution < 1.29 is 9.90 Å². The topological polar surface area (TPSA) is 52.6 Å². The van der Waals surface area contributed by atoms with E-state index in [1.54, 1.807) is 6.08 Å². The number of hydrogen-bond donors (Lipinski definition) is 2. The number of hydrogen-bond acceptors (Lipinski definition) is 3. The van der Waals surface area contributed by atoms with Gasteiger partial charge < -0.3 is 10.4 Å². The van der Waals surface area contributed by atoms with Gasteiger partial charge >= 0.3 is 0 Å². The van der Waals surface area contributed by atoms with Crippen LogP contribution in [0.5, 0.6) is 0 Å². The molecule has 0 saturated carbocycles. The Morgan fingerprint density at radius 1 is 1.60 bits per heavy atom. The van der Waals surface area contributed by atoms with Gasteiger partial charge in [-0.1, -0.05) is 5.57 Å². The van der Waals surface area contributed by atoms with E-state index in [0.717, 1.165) is 18.5 Å². The molecule has 0 radical (unpaired) electrons. The second-order valence-corrected chi connectivity index (χ2v) is 4.44. The third-order valence-electron chi connectivity index (χ3n) is 2.67. The molecule has 0 aromatic rings. The molecule has 15 heavy (non-hydrogen) atoms. The second-order valence-electron chi connectivity index (χ2n) is 4.44. The Hall–Kier alpha value is -0.870. The zero-order valence-electron chi connectivity index (χ0n) is 9.66. The van der Waals surface area contributed by atoms with Crippen molar-refractivity contribution in [2.24, 2.45) is 0 Å². The van der Waals surface area contributed by atoms with Gasteiger partial charge in [-0.15, -0.1) is 0 Å². The first-order valence-corrected chi connectivity index (χ1v) is 5.29. The van der Waals surface area contributed by atoms with Crippen molar-refractivity contribution in [3.8, 4) is 0 Å². The van der Waals surface area contributed by atoms with Crippen LogP contribution in [0, 0.1) is 0 Å². The number of carbonyl (C=O) groups is 1. The van der Waals surface area contributed by atoms with E-state index in [1.165, 1.54) is 0 Å². The minimum absolute atomic E-state index is 0.0352. The van der Waals surface area contributed by atoms with Gasteiger partial charge in [-0.2, -0.15) is 0 Å². The molecule has 1 aliphatic rings. The quantitative estimate of drug-likeness (QED) is 0.654. The number of nitrogens with zero attached hydrogens (tertiary/aromatic N) is 1. The van der Waals surface area contributed by atoms with E-state index < -0.39 is 0 Å². The maximum atomic E-state index is 11.4. The molecule has 1 heterocycles.